The molecule has 94 valence electrons. The fraction of sp³-hybridized carbons (Fsp3) is 0.0909. The highest BCUT2D eigenvalue weighted by atomic mass is 32.2. The highest BCUT2D eigenvalue weighted by molar-refractivity contribution is 7.86. The molecule has 0 bridgehead atoms. The smallest absolute Gasteiger partial charge is 0.274 e. The van der Waals surface area contributed by atoms with Crippen molar-refractivity contribution < 1.29 is 17.8 Å². The Labute approximate surface area is 103 Å². The number of fused-ring (bicyclic) bond motifs is 1. The van der Waals surface area contributed by atoms with Crippen LogP contribution in [0.25, 0.3) is 10.9 Å². The van der Waals surface area contributed by atoms with E-state index in [-0.39, 0.29) is 0 Å². The summed E-state index contributed by atoms with van der Waals surface area (Å²) in [5, 5.41) is 3.17. The van der Waals surface area contributed by atoms with E-state index in [4.69, 9.17) is 4.55 Å². The normalized spacial score (nSPS) is 11.4. The molecule has 0 aliphatic carbocycles. The molecule has 6 nitrogen and oxygen atoms in total. The van der Waals surface area contributed by atoms with E-state index < -0.39 is 21.8 Å². The Morgan fingerprint density at radius 1 is 1.33 bits per heavy atom. The number of nitrogens with zero attached hydrogens (tertiary/aromatic N) is 1. The molecule has 0 saturated carbocycles. The van der Waals surface area contributed by atoms with Crippen LogP contribution in [0.15, 0.2) is 36.5 Å². The van der Waals surface area contributed by atoms with Crippen molar-refractivity contribution in [1.82, 2.24) is 4.98 Å². The van der Waals surface area contributed by atoms with Gasteiger partial charge in [-0.25, -0.2) is 0 Å². The van der Waals surface area contributed by atoms with Crippen molar-refractivity contribution in [3.05, 3.63) is 36.5 Å². The summed E-state index contributed by atoms with van der Waals surface area (Å²) in [6, 6.07) is 8.98. The van der Waals surface area contributed by atoms with Crippen molar-refractivity contribution in [2.45, 2.75) is 0 Å². The van der Waals surface area contributed by atoms with E-state index >= 15 is 0 Å². The predicted molar refractivity (Wildman–Crippen MR) is 66.8 cm³/mol. The number of aromatic nitrogens is 1. The molecule has 1 heterocycles. The van der Waals surface area contributed by atoms with Gasteiger partial charge in [0.05, 0.1) is 17.4 Å². The average Bonchev–Trinajstić information content (AvgIpc) is 2.26. The number of benzene rings is 1. The van der Waals surface area contributed by atoms with E-state index in [2.05, 4.69) is 10.3 Å². The minimum atomic E-state index is -4.32. The van der Waals surface area contributed by atoms with Crippen LogP contribution in [-0.2, 0) is 14.9 Å². The van der Waals surface area contributed by atoms with Gasteiger partial charge in [-0.3, -0.25) is 14.3 Å². The number of hydrogen-bond donors (Lipinski definition) is 2. The first-order chi connectivity index (χ1) is 8.44. The van der Waals surface area contributed by atoms with Crippen LogP contribution in [-0.4, -0.2) is 29.6 Å². The van der Waals surface area contributed by atoms with Gasteiger partial charge in [0.2, 0.25) is 5.91 Å². The maximum atomic E-state index is 11.3. The predicted octanol–water partition coefficient (Wildman–Crippen LogP) is 1.06. The number of pyridine rings is 1. The van der Waals surface area contributed by atoms with Gasteiger partial charge in [0, 0.05) is 5.39 Å². The molecule has 0 saturated heterocycles. The van der Waals surface area contributed by atoms with E-state index in [0.717, 1.165) is 10.9 Å². The van der Waals surface area contributed by atoms with Crippen molar-refractivity contribution >= 4 is 32.6 Å². The standard InChI is InChI=1S/C11H10N2O4S/c14-11(7-18(15,16)17)13-9-5-8-3-1-2-4-10(8)12-6-9/h1-6H,7H2,(H,13,14)(H,15,16,17). The molecule has 0 aliphatic heterocycles. The molecule has 1 amide bonds. The number of hydrogen-bond acceptors (Lipinski definition) is 4. The van der Waals surface area contributed by atoms with Crippen molar-refractivity contribution in [2.75, 3.05) is 11.1 Å². The van der Waals surface area contributed by atoms with Gasteiger partial charge < -0.3 is 5.32 Å². The van der Waals surface area contributed by atoms with Gasteiger partial charge >= 0.3 is 0 Å². The van der Waals surface area contributed by atoms with Crippen molar-refractivity contribution in [1.29, 1.82) is 0 Å². The summed E-state index contributed by atoms with van der Waals surface area (Å²) >= 11 is 0. The molecule has 2 aromatic rings. The lowest BCUT2D eigenvalue weighted by molar-refractivity contribution is -0.113. The molecule has 7 heteroatoms. The minimum Gasteiger partial charge on any atom is -0.324 e. The van der Waals surface area contributed by atoms with E-state index in [9.17, 15) is 13.2 Å². The maximum Gasteiger partial charge on any atom is 0.274 e. The average molecular weight is 266 g/mol. The lowest BCUT2D eigenvalue weighted by Gasteiger charge is -2.04. The second kappa shape index (κ2) is 4.71. The zero-order valence-electron chi connectivity index (χ0n) is 9.20. The first-order valence-corrected chi connectivity index (χ1v) is 6.65. The van der Waals surface area contributed by atoms with Crippen LogP contribution in [0, 0.1) is 0 Å². The second-order valence-electron chi connectivity index (χ2n) is 3.69. The van der Waals surface area contributed by atoms with Crippen LogP contribution in [0.5, 0.6) is 0 Å². The summed E-state index contributed by atoms with van der Waals surface area (Å²) in [6.07, 6.45) is 1.42. The van der Waals surface area contributed by atoms with Gasteiger partial charge in [0.15, 0.2) is 5.75 Å². The van der Waals surface area contributed by atoms with Crippen molar-refractivity contribution in [3.8, 4) is 0 Å². The van der Waals surface area contributed by atoms with Gasteiger partial charge in [0.25, 0.3) is 10.1 Å². The molecule has 18 heavy (non-hydrogen) atoms. The Bertz CT molecular complexity index is 697. The molecular weight excluding hydrogens is 256 g/mol. The first-order valence-electron chi connectivity index (χ1n) is 5.04. The third kappa shape index (κ3) is 3.25. The Morgan fingerprint density at radius 2 is 2.06 bits per heavy atom. The second-order valence-corrected chi connectivity index (χ2v) is 5.14. The van der Waals surface area contributed by atoms with Crippen LogP contribution in [0.2, 0.25) is 0 Å². The summed E-state index contributed by atoms with van der Waals surface area (Å²) < 4.78 is 29.6. The molecule has 2 rings (SSSR count). The fourth-order valence-electron chi connectivity index (χ4n) is 1.50. The number of carbonyl (C=O) groups excluding carboxylic acids is 1. The molecule has 1 aromatic carbocycles. The quantitative estimate of drug-likeness (QED) is 0.810. The molecule has 0 spiro atoms. The highest BCUT2D eigenvalue weighted by Crippen LogP contribution is 2.15. The molecule has 0 fully saturated rings. The van der Waals surface area contributed by atoms with Crippen LogP contribution < -0.4 is 5.32 Å². The Hall–Kier alpha value is -1.99. The van der Waals surface area contributed by atoms with E-state index in [1.165, 1.54) is 6.20 Å². The number of rotatable bonds is 3. The number of carbonyl (C=O) groups is 1. The molecule has 1 aromatic heterocycles. The lowest BCUT2D eigenvalue weighted by Crippen LogP contribution is -2.22. The lowest BCUT2D eigenvalue weighted by atomic mass is 10.2. The zero-order valence-corrected chi connectivity index (χ0v) is 10.0. The van der Waals surface area contributed by atoms with E-state index in [1.54, 1.807) is 6.07 Å². The summed E-state index contributed by atoms with van der Waals surface area (Å²) in [7, 11) is -4.32. The van der Waals surface area contributed by atoms with Crippen LogP contribution in [0.4, 0.5) is 5.69 Å². The van der Waals surface area contributed by atoms with Crippen LogP contribution >= 0.6 is 0 Å². The van der Waals surface area contributed by atoms with Gasteiger partial charge in [0.1, 0.15) is 0 Å². The monoisotopic (exact) mass is 266 g/mol. The maximum absolute atomic E-state index is 11.3. The van der Waals surface area contributed by atoms with Crippen LogP contribution in [0.1, 0.15) is 0 Å². The summed E-state index contributed by atoms with van der Waals surface area (Å²) in [5.74, 6) is -1.78. The summed E-state index contributed by atoms with van der Waals surface area (Å²) in [5.41, 5.74) is 1.15. The van der Waals surface area contributed by atoms with Crippen molar-refractivity contribution in [2.24, 2.45) is 0 Å². The summed E-state index contributed by atoms with van der Waals surface area (Å²) in [6.45, 7) is 0. The number of amides is 1. The molecule has 0 unspecified atom stereocenters. The molecule has 0 atom stereocenters. The van der Waals surface area contributed by atoms with Gasteiger partial charge in [-0.05, 0) is 12.1 Å². The summed E-state index contributed by atoms with van der Waals surface area (Å²) in [4.78, 5) is 15.4. The third-order valence-corrected chi connectivity index (χ3v) is 2.81. The topological polar surface area (TPSA) is 96.4 Å². The highest BCUT2D eigenvalue weighted by Gasteiger charge is 2.13. The Balaban J connectivity index is 2.20. The van der Waals surface area contributed by atoms with E-state index in [0.29, 0.717) is 5.69 Å². The Kier molecular flexibility index (Phi) is 3.26. The van der Waals surface area contributed by atoms with E-state index in [1.807, 2.05) is 24.3 Å². The molecule has 0 aliphatic rings. The Morgan fingerprint density at radius 3 is 2.78 bits per heavy atom. The van der Waals surface area contributed by atoms with Crippen LogP contribution in [0.3, 0.4) is 0 Å². The number of nitrogens with one attached hydrogen (secondary N) is 1. The largest absolute Gasteiger partial charge is 0.324 e. The van der Waals surface area contributed by atoms with Crippen molar-refractivity contribution in [3.63, 3.8) is 0 Å². The van der Waals surface area contributed by atoms with Gasteiger partial charge in [-0.15, -0.1) is 0 Å². The van der Waals surface area contributed by atoms with Gasteiger partial charge in [-0.2, -0.15) is 8.42 Å². The molecular formula is C11H10N2O4S. The number of para-hydroxylation sites is 1. The molecule has 2 N–H and O–H groups in total. The third-order valence-electron chi connectivity index (χ3n) is 2.19. The number of anilines is 1. The minimum absolute atomic E-state index is 0.377. The van der Waals surface area contributed by atoms with Gasteiger partial charge in [-0.1, -0.05) is 18.2 Å². The molecule has 0 radical (unpaired) electrons. The SMILES string of the molecule is O=C(CS(=O)(=O)O)Nc1cnc2ccccc2c1. The fourth-order valence-corrected chi connectivity index (χ4v) is 1.91. The first kappa shape index (κ1) is 12.5. The zero-order chi connectivity index (χ0) is 13.2.